The maximum Gasteiger partial charge on any atom is 0.255 e. The second-order valence-corrected chi connectivity index (χ2v) is 15.8. The van der Waals surface area contributed by atoms with Crippen LogP contribution in [0.1, 0.15) is 77.9 Å². The van der Waals surface area contributed by atoms with E-state index in [1.165, 1.54) is 0 Å². The fraction of sp³-hybridized carbons (Fsp3) is 0.436. The SMILES string of the molecule is CC1(C)[C@H](NC(=O)c2ccc(N3CCN(Cc4ccc5c(c4)CN(C4CCC(=O)NC4=O)C5=O)CC3)nc2)C(C)(C)[C@H]1Oc1ccc(C#N)c(Cl)c1. The van der Waals surface area contributed by atoms with Crippen molar-refractivity contribution >= 4 is 41.0 Å². The van der Waals surface area contributed by atoms with Gasteiger partial charge in [-0.3, -0.25) is 29.4 Å². The summed E-state index contributed by atoms with van der Waals surface area (Å²) in [6.45, 7) is 12.6. The predicted octanol–water partition coefficient (Wildman–Crippen LogP) is 4.30. The van der Waals surface area contributed by atoms with E-state index in [1.54, 1.807) is 29.3 Å². The number of ether oxygens (including phenoxy) is 1. The number of hydrogen-bond donors (Lipinski definition) is 2. The molecule has 4 aliphatic rings. The van der Waals surface area contributed by atoms with E-state index in [0.29, 0.717) is 40.4 Å². The summed E-state index contributed by atoms with van der Waals surface area (Å²) >= 11 is 6.23. The van der Waals surface area contributed by atoms with E-state index >= 15 is 0 Å². The molecule has 1 aromatic heterocycles. The van der Waals surface area contributed by atoms with E-state index in [1.807, 2.05) is 24.3 Å². The van der Waals surface area contributed by atoms with Gasteiger partial charge in [-0.2, -0.15) is 5.26 Å². The van der Waals surface area contributed by atoms with Gasteiger partial charge in [0, 0.05) is 80.4 Å². The average Bonchev–Trinajstić information content (AvgIpc) is 3.44. The number of anilines is 1. The molecule has 2 saturated heterocycles. The van der Waals surface area contributed by atoms with Gasteiger partial charge in [0.2, 0.25) is 11.8 Å². The fourth-order valence-electron chi connectivity index (χ4n) is 8.64. The van der Waals surface area contributed by atoms with Crippen molar-refractivity contribution in [1.29, 1.82) is 5.26 Å². The van der Waals surface area contributed by atoms with Gasteiger partial charge in [0.1, 0.15) is 29.8 Å². The van der Waals surface area contributed by atoms with Crippen molar-refractivity contribution in [1.82, 2.24) is 25.4 Å². The lowest BCUT2D eigenvalue weighted by Gasteiger charge is -2.63. The van der Waals surface area contributed by atoms with Crippen molar-refractivity contribution in [2.24, 2.45) is 10.8 Å². The summed E-state index contributed by atoms with van der Waals surface area (Å²) in [5, 5.41) is 15.1. The molecule has 4 heterocycles. The summed E-state index contributed by atoms with van der Waals surface area (Å²) in [5.41, 5.74) is 2.76. The highest BCUT2D eigenvalue weighted by molar-refractivity contribution is 6.31. The van der Waals surface area contributed by atoms with Gasteiger partial charge in [0.05, 0.1) is 16.1 Å². The van der Waals surface area contributed by atoms with Crippen molar-refractivity contribution in [2.45, 2.75) is 71.8 Å². The molecule has 0 bridgehead atoms. The van der Waals surface area contributed by atoms with E-state index < -0.39 is 11.9 Å². The summed E-state index contributed by atoms with van der Waals surface area (Å²) in [5.74, 6) is 0.350. The summed E-state index contributed by atoms with van der Waals surface area (Å²) in [6, 6.07) is 15.9. The highest BCUT2D eigenvalue weighted by Crippen LogP contribution is 2.55. The highest BCUT2D eigenvalue weighted by atomic mass is 35.5. The first kappa shape index (κ1) is 35.4. The molecule has 3 fully saturated rings. The number of piperazine rings is 1. The van der Waals surface area contributed by atoms with Gasteiger partial charge < -0.3 is 19.9 Å². The van der Waals surface area contributed by atoms with Crippen LogP contribution in [0.3, 0.4) is 0 Å². The lowest BCUT2D eigenvalue weighted by molar-refractivity contribution is -0.164. The van der Waals surface area contributed by atoms with Gasteiger partial charge in [0.15, 0.2) is 0 Å². The molecule has 1 aliphatic carbocycles. The Bertz CT molecular complexity index is 1970. The smallest absolute Gasteiger partial charge is 0.255 e. The summed E-state index contributed by atoms with van der Waals surface area (Å²) in [4.78, 5) is 61.3. The largest absolute Gasteiger partial charge is 0.489 e. The molecule has 1 atom stereocenters. The van der Waals surface area contributed by atoms with Crippen LogP contribution in [0.5, 0.6) is 5.75 Å². The van der Waals surface area contributed by atoms with Crippen molar-refractivity contribution in [3.05, 3.63) is 87.6 Å². The summed E-state index contributed by atoms with van der Waals surface area (Å²) < 4.78 is 6.35. The minimum atomic E-state index is -0.621. The molecule has 3 aromatic rings. The van der Waals surface area contributed by atoms with Gasteiger partial charge in [0.25, 0.3) is 11.8 Å². The maximum atomic E-state index is 13.4. The van der Waals surface area contributed by atoms with Gasteiger partial charge >= 0.3 is 0 Å². The monoisotopic (exact) mass is 723 g/mol. The number of carbonyl (C=O) groups excluding carboxylic acids is 4. The number of nitrogens with one attached hydrogen (secondary N) is 2. The molecule has 2 aromatic carbocycles. The first-order valence-electron chi connectivity index (χ1n) is 17.6. The number of hydrogen-bond acceptors (Lipinski definition) is 9. The van der Waals surface area contributed by atoms with E-state index in [-0.39, 0.29) is 47.1 Å². The number of imide groups is 1. The molecule has 2 N–H and O–H groups in total. The minimum absolute atomic E-state index is 0.158. The van der Waals surface area contributed by atoms with E-state index in [4.69, 9.17) is 16.3 Å². The van der Waals surface area contributed by atoms with E-state index in [9.17, 15) is 24.4 Å². The maximum absolute atomic E-state index is 13.4. The number of benzene rings is 2. The van der Waals surface area contributed by atoms with Crippen LogP contribution >= 0.6 is 11.6 Å². The lowest BCUT2D eigenvalue weighted by Crippen LogP contribution is -2.74. The topological polar surface area (TPSA) is 148 Å². The molecule has 270 valence electrons. The predicted molar refractivity (Wildman–Crippen MR) is 194 cm³/mol. The Morgan fingerprint density at radius 2 is 1.79 bits per heavy atom. The summed E-state index contributed by atoms with van der Waals surface area (Å²) in [6.07, 6.45) is 2.01. The number of amides is 4. The van der Waals surface area contributed by atoms with Crippen LogP contribution in [0.4, 0.5) is 5.82 Å². The number of fused-ring (bicyclic) bond motifs is 1. The zero-order chi connectivity index (χ0) is 36.9. The Balaban J connectivity index is 0.907. The number of piperidine rings is 1. The Labute approximate surface area is 308 Å². The molecule has 0 radical (unpaired) electrons. The average molecular weight is 724 g/mol. The Kier molecular flexibility index (Phi) is 9.21. The fourth-order valence-corrected chi connectivity index (χ4v) is 8.85. The van der Waals surface area contributed by atoms with Crippen LogP contribution in [-0.4, -0.2) is 82.8 Å². The molecule has 52 heavy (non-hydrogen) atoms. The van der Waals surface area contributed by atoms with Crippen LogP contribution in [0.25, 0.3) is 0 Å². The molecule has 1 unspecified atom stereocenters. The van der Waals surface area contributed by atoms with Crippen molar-refractivity contribution in [3.8, 4) is 11.8 Å². The van der Waals surface area contributed by atoms with Crippen LogP contribution in [0.15, 0.2) is 54.7 Å². The quantitative estimate of drug-likeness (QED) is 0.325. The molecule has 13 heteroatoms. The lowest BCUT2D eigenvalue weighted by atomic mass is 9.49. The normalized spacial score (nSPS) is 23.7. The van der Waals surface area contributed by atoms with Gasteiger partial charge in [-0.1, -0.05) is 51.4 Å². The first-order chi connectivity index (χ1) is 24.8. The molecule has 4 amide bonds. The number of nitriles is 1. The third-order valence-electron chi connectivity index (χ3n) is 11.1. The molecule has 1 saturated carbocycles. The van der Waals surface area contributed by atoms with Crippen molar-refractivity contribution in [3.63, 3.8) is 0 Å². The Hall–Kier alpha value is -4.99. The minimum Gasteiger partial charge on any atom is -0.489 e. The van der Waals surface area contributed by atoms with Crippen LogP contribution in [-0.2, 0) is 22.7 Å². The standard InChI is InChI=1S/C39H42ClN7O5/c1-38(2)36(39(3,4)37(38)52-27-8-6-24(19-41)29(40)18-27)44-33(49)25-7-11-31(42-20-25)46-15-13-45(14-16-46)21-23-5-9-28-26(17-23)22-47(35(28)51)30-10-12-32(48)43-34(30)50/h5-9,11,17-18,20,30,36-37H,10,12-16,21-22H2,1-4H3,(H,44,49)(H,43,48,50)/t30?,36-,37-. The molecule has 7 rings (SSSR count). The molecule has 12 nitrogen and oxygen atoms in total. The molecular weight excluding hydrogens is 682 g/mol. The first-order valence-corrected chi connectivity index (χ1v) is 18.0. The zero-order valence-corrected chi connectivity index (χ0v) is 30.5. The highest BCUT2D eigenvalue weighted by Gasteiger charge is 2.64. The van der Waals surface area contributed by atoms with E-state index in [0.717, 1.165) is 49.7 Å². The number of halogens is 1. The molecule has 3 aliphatic heterocycles. The van der Waals surface area contributed by atoms with Crippen molar-refractivity contribution in [2.75, 3.05) is 31.1 Å². The second kappa shape index (κ2) is 13.5. The Morgan fingerprint density at radius 3 is 2.44 bits per heavy atom. The Morgan fingerprint density at radius 1 is 1.04 bits per heavy atom. The number of rotatable bonds is 8. The molecular formula is C39H42ClN7O5. The second-order valence-electron chi connectivity index (χ2n) is 15.4. The van der Waals surface area contributed by atoms with Gasteiger partial charge in [-0.15, -0.1) is 0 Å². The number of aromatic nitrogens is 1. The van der Waals surface area contributed by atoms with Crippen LogP contribution in [0.2, 0.25) is 5.02 Å². The summed E-state index contributed by atoms with van der Waals surface area (Å²) in [7, 11) is 0. The van der Waals surface area contributed by atoms with Crippen LogP contribution in [0, 0.1) is 22.2 Å². The molecule has 0 spiro atoms. The van der Waals surface area contributed by atoms with Crippen molar-refractivity contribution < 1.29 is 23.9 Å². The van der Waals surface area contributed by atoms with E-state index in [2.05, 4.69) is 65.2 Å². The third-order valence-corrected chi connectivity index (χ3v) is 11.4. The third kappa shape index (κ3) is 6.48. The van der Waals surface area contributed by atoms with Crippen LogP contribution < -0.4 is 20.3 Å². The van der Waals surface area contributed by atoms with Gasteiger partial charge in [-0.25, -0.2) is 4.98 Å². The number of nitrogens with zero attached hydrogens (tertiary/aromatic N) is 5. The van der Waals surface area contributed by atoms with Gasteiger partial charge in [-0.05, 0) is 47.9 Å². The number of pyridine rings is 1. The number of carbonyl (C=O) groups is 4. The zero-order valence-electron chi connectivity index (χ0n) is 29.7.